The van der Waals surface area contributed by atoms with Crippen LogP contribution in [-0.4, -0.2) is 46.3 Å². The Kier molecular flexibility index (Phi) is 7.92. The van der Waals surface area contributed by atoms with Crippen LogP contribution >= 0.6 is 0 Å². The molecule has 0 fully saturated rings. The van der Waals surface area contributed by atoms with Gasteiger partial charge in [-0.25, -0.2) is 0 Å². The van der Waals surface area contributed by atoms with Gasteiger partial charge in [0.15, 0.2) is 5.78 Å². The molecule has 0 N–H and O–H groups in total. The molecule has 0 amide bonds. The van der Waals surface area contributed by atoms with Gasteiger partial charge in [-0.1, -0.05) is 19.1 Å². The van der Waals surface area contributed by atoms with Crippen molar-refractivity contribution in [1.82, 2.24) is 0 Å². The zero-order chi connectivity index (χ0) is 14.8. The lowest BCUT2D eigenvalue weighted by Crippen LogP contribution is -2.30. The van der Waals surface area contributed by atoms with Gasteiger partial charge in [0, 0.05) is 51.6 Å². The number of anilines is 1. The molecule has 0 saturated carbocycles. The van der Waals surface area contributed by atoms with Gasteiger partial charge in [-0.15, -0.1) is 0 Å². The van der Waals surface area contributed by atoms with E-state index in [0.717, 1.165) is 30.8 Å². The molecule has 0 saturated heterocycles. The Morgan fingerprint density at radius 2 is 1.80 bits per heavy atom. The number of carbonyl (C=O) groups is 1. The number of benzene rings is 1. The third-order valence-corrected chi connectivity index (χ3v) is 3.21. The second kappa shape index (κ2) is 9.50. The van der Waals surface area contributed by atoms with Crippen molar-refractivity contribution < 1.29 is 14.3 Å². The van der Waals surface area contributed by atoms with Crippen molar-refractivity contribution in [3.63, 3.8) is 0 Å². The molecule has 1 aromatic rings. The predicted octanol–water partition coefficient (Wildman–Crippen LogP) is 2.77. The maximum atomic E-state index is 12.1. The summed E-state index contributed by atoms with van der Waals surface area (Å²) in [4.78, 5) is 14.3. The molecule has 0 heterocycles. The van der Waals surface area contributed by atoms with Crippen LogP contribution in [0.2, 0.25) is 0 Å². The lowest BCUT2D eigenvalue weighted by molar-refractivity contribution is 0.0988. The lowest BCUT2D eigenvalue weighted by atomic mass is 10.1. The maximum Gasteiger partial charge on any atom is 0.164 e. The van der Waals surface area contributed by atoms with Crippen LogP contribution in [0, 0.1) is 0 Å². The minimum atomic E-state index is 0.176. The van der Waals surface area contributed by atoms with Crippen molar-refractivity contribution in [1.29, 1.82) is 0 Å². The van der Waals surface area contributed by atoms with E-state index < -0.39 is 0 Å². The van der Waals surface area contributed by atoms with Crippen molar-refractivity contribution in [2.45, 2.75) is 19.8 Å². The molecule has 4 nitrogen and oxygen atoms in total. The molecule has 1 rings (SSSR count). The Bertz CT molecular complexity index is 406. The highest BCUT2D eigenvalue weighted by Crippen LogP contribution is 2.22. The van der Waals surface area contributed by atoms with Crippen LogP contribution in [0.15, 0.2) is 24.3 Å². The predicted molar refractivity (Wildman–Crippen MR) is 81.6 cm³/mol. The smallest absolute Gasteiger partial charge is 0.164 e. The third-order valence-electron chi connectivity index (χ3n) is 3.21. The summed E-state index contributed by atoms with van der Waals surface area (Å²) < 4.78 is 10.3. The zero-order valence-corrected chi connectivity index (χ0v) is 12.7. The Labute approximate surface area is 121 Å². The number of nitrogens with zero attached hydrogens (tertiary/aromatic N) is 1. The fraction of sp³-hybridized carbons (Fsp3) is 0.562. The van der Waals surface area contributed by atoms with Crippen LogP contribution < -0.4 is 4.90 Å². The first-order chi connectivity index (χ1) is 9.74. The van der Waals surface area contributed by atoms with E-state index in [4.69, 9.17) is 9.47 Å². The number of methoxy groups -OCH3 is 2. The number of ether oxygens (including phenoxy) is 2. The summed E-state index contributed by atoms with van der Waals surface area (Å²) in [6, 6.07) is 7.79. The molecular weight excluding hydrogens is 254 g/mol. The number of ketones is 1. The fourth-order valence-corrected chi connectivity index (χ4v) is 2.13. The molecule has 0 bridgehead atoms. The minimum Gasteiger partial charge on any atom is -0.385 e. The zero-order valence-electron chi connectivity index (χ0n) is 12.7. The van der Waals surface area contributed by atoms with E-state index in [-0.39, 0.29) is 5.78 Å². The first kappa shape index (κ1) is 16.7. The van der Waals surface area contributed by atoms with Crippen LogP contribution in [0.4, 0.5) is 5.69 Å². The van der Waals surface area contributed by atoms with E-state index in [9.17, 15) is 4.79 Å². The monoisotopic (exact) mass is 279 g/mol. The van der Waals surface area contributed by atoms with Crippen LogP contribution in [-0.2, 0) is 9.47 Å². The summed E-state index contributed by atoms with van der Waals surface area (Å²) in [5, 5.41) is 0. The maximum absolute atomic E-state index is 12.1. The summed E-state index contributed by atoms with van der Waals surface area (Å²) in [6.07, 6.45) is 1.45. The van der Waals surface area contributed by atoms with Gasteiger partial charge in [-0.05, 0) is 18.6 Å². The molecule has 4 heteroatoms. The average molecular weight is 279 g/mol. The van der Waals surface area contributed by atoms with Crippen molar-refractivity contribution in [2.24, 2.45) is 0 Å². The van der Waals surface area contributed by atoms with Gasteiger partial charge in [-0.3, -0.25) is 4.79 Å². The summed E-state index contributed by atoms with van der Waals surface area (Å²) in [5.41, 5.74) is 1.79. The number of rotatable bonds is 10. The van der Waals surface area contributed by atoms with Crippen molar-refractivity contribution in [2.75, 3.05) is 45.4 Å². The Morgan fingerprint density at radius 3 is 2.45 bits per heavy atom. The highest BCUT2D eigenvalue weighted by Gasteiger charge is 2.14. The van der Waals surface area contributed by atoms with Gasteiger partial charge in [0.25, 0.3) is 0 Å². The highest BCUT2D eigenvalue weighted by molar-refractivity contribution is 6.01. The second-order valence-corrected chi connectivity index (χ2v) is 4.62. The van der Waals surface area contributed by atoms with Gasteiger partial charge in [0.2, 0.25) is 0 Å². The van der Waals surface area contributed by atoms with E-state index in [1.165, 1.54) is 0 Å². The molecule has 0 aliphatic carbocycles. The molecule has 0 aliphatic heterocycles. The second-order valence-electron chi connectivity index (χ2n) is 4.62. The molecule has 0 radical (unpaired) electrons. The standard InChI is InChI=1S/C16H25NO3/c1-4-16(18)14-8-5-6-9-15(14)17(11-13-20-3)10-7-12-19-2/h5-6,8-9H,4,7,10-13H2,1-3H3. The molecule has 0 aromatic heterocycles. The van der Waals surface area contributed by atoms with E-state index in [1.807, 2.05) is 31.2 Å². The first-order valence-electron chi connectivity index (χ1n) is 7.09. The lowest BCUT2D eigenvalue weighted by Gasteiger charge is -2.26. The van der Waals surface area contributed by atoms with E-state index in [1.54, 1.807) is 14.2 Å². The molecule has 1 aromatic carbocycles. The summed E-state index contributed by atoms with van der Waals surface area (Å²) in [7, 11) is 3.39. The number of para-hydroxylation sites is 1. The van der Waals surface area contributed by atoms with Crippen LogP contribution in [0.3, 0.4) is 0 Å². The fourth-order valence-electron chi connectivity index (χ4n) is 2.13. The molecular formula is C16H25NO3. The minimum absolute atomic E-state index is 0.176. The normalized spacial score (nSPS) is 10.6. The molecule has 0 atom stereocenters. The number of hydrogen-bond donors (Lipinski definition) is 0. The van der Waals surface area contributed by atoms with Gasteiger partial charge >= 0.3 is 0 Å². The van der Waals surface area contributed by atoms with Crippen LogP contribution in [0.25, 0.3) is 0 Å². The summed E-state index contributed by atoms with van der Waals surface area (Å²) in [6.45, 7) is 4.87. The Morgan fingerprint density at radius 1 is 1.10 bits per heavy atom. The molecule has 112 valence electrons. The third kappa shape index (κ3) is 4.94. The van der Waals surface area contributed by atoms with Crippen LogP contribution in [0.1, 0.15) is 30.1 Å². The molecule has 0 spiro atoms. The summed E-state index contributed by atoms with van der Waals surface area (Å²) >= 11 is 0. The van der Waals surface area contributed by atoms with Crippen LogP contribution in [0.5, 0.6) is 0 Å². The first-order valence-corrected chi connectivity index (χ1v) is 7.09. The Balaban J connectivity index is 2.90. The van der Waals surface area contributed by atoms with Crippen molar-refractivity contribution in [3.05, 3.63) is 29.8 Å². The van der Waals surface area contributed by atoms with Gasteiger partial charge < -0.3 is 14.4 Å². The SMILES string of the molecule is CCC(=O)c1ccccc1N(CCCOC)CCOC. The summed E-state index contributed by atoms with van der Waals surface area (Å²) in [5.74, 6) is 0.176. The van der Waals surface area contributed by atoms with Crippen molar-refractivity contribution >= 4 is 11.5 Å². The van der Waals surface area contributed by atoms with Gasteiger partial charge in [0.1, 0.15) is 0 Å². The topological polar surface area (TPSA) is 38.8 Å². The quantitative estimate of drug-likeness (QED) is 0.487. The van der Waals surface area contributed by atoms with Gasteiger partial charge in [0.05, 0.1) is 6.61 Å². The van der Waals surface area contributed by atoms with E-state index in [0.29, 0.717) is 19.6 Å². The number of hydrogen-bond acceptors (Lipinski definition) is 4. The largest absolute Gasteiger partial charge is 0.385 e. The number of Topliss-reactive ketones (excluding diaryl/α,β-unsaturated/α-hetero) is 1. The Hall–Kier alpha value is -1.39. The van der Waals surface area contributed by atoms with E-state index in [2.05, 4.69) is 4.90 Å². The molecule has 0 aliphatic rings. The molecule has 0 unspecified atom stereocenters. The average Bonchev–Trinajstić information content (AvgIpc) is 2.50. The van der Waals surface area contributed by atoms with Crippen molar-refractivity contribution in [3.8, 4) is 0 Å². The molecule has 20 heavy (non-hydrogen) atoms. The number of carbonyl (C=O) groups excluding carboxylic acids is 1. The van der Waals surface area contributed by atoms with E-state index >= 15 is 0 Å². The van der Waals surface area contributed by atoms with Gasteiger partial charge in [-0.2, -0.15) is 0 Å². The highest BCUT2D eigenvalue weighted by atomic mass is 16.5.